The topological polar surface area (TPSA) is 30.9 Å². The van der Waals surface area contributed by atoms with E-state index in [9.17, 15) is 0 Å². The summed E-state index contributed by atoms with van der Waals surface area (Å²) >= 11 is 0. The van der Waals surface area contributed by atoms with E-state index in [1.165, 1.54) is 0 Å². The zero-order valence-corrected chi connectivity index (χ0v) is 8.74. The van der Waals surface area contributed by atoms with Gasteiger partial charge in [0.15, 0.2) is 0 Å². The van der Waals surface area contributed by atoms with Gasteiger partial charge >= 0.3 is 8.09 Å². The number of hydrogen-bond acceptors (Lipinski definition) is 4. The van der Waals surface area contributed by atoms with E-state index in [2.05, 4.69) is 0 Å². The van der Waals surface area contributed by atoms with Gasteiger partial charge in [-0.05, 0) is 12.1 Å². The first-order valence-electron chi connectivity index (χ1n) is 4.54. The van der Waals surface area contributed by atoms with Gasteiger partial charge in [-0.15, -0.1) is 4.52 Å². The van der Waals surface area contributed by atoms with E-state index in [-0.39, 0.29) is 0 Å². The van der Waals surface area contributed by atoms with Crippen LogP contribution in [0.25, 0.3) is 0 Å². The maximum absolute atomic E-state index is 5.76. The summed E-state index contributed by atoms with van der Waals surface area (Å²) in [6, 6.07) is 7.67. The first kappa shape index (κ1) is 8.48. The van der Waals surface area contributed by atoms with Crippen LogP contribution in [0.15, 0.2) is 24.3 Å². The molecule has 0 saturated carbocycles. The molecule has 14 heavy (non-hydrogen) atoms. The molecule has 5 heteroatoms. The molecular formula is C9H11NO3P+. The van der Waals surface area contributed by atoms with E-state index in [1.54, 1.807) is 0 Å². The Hall–Kier alpha value is -0.830. The maximum Gasteiger partial charge on any atom is 0.595 e. The third kappa shape index (κ3) is 1.05. The Morgan fingerprint density at radius 2 is 1.86 bits per heavy atom. The van der Waals surface area contributed by atoms with Crippen molar-refractivity contribution >= 4 is 8.09 Å². The van der Waals surface area contributed by atoms with Gasteiger partial charge in [0.25, 0.3) is 0 Å². The highest BCUT2D eigenvalue weighted by Gasteiger charge is 2.63. The largest absolute Gasteiger partial charge is 0.595 e. The summed E-state index contributed by atoms with van der Waals surface area (Å²) in [7, 11) is -0.272. The second kappa shape index (κ2) is 2.83. The Bertz CT molecular complexity index is 346. The van der Waals surface area contributed by atoms with Gasteiger partial charge in [-0.25, -0.2) is 0 Å². The molecule has 1 saturated heterocycles. The first-order chi connectivity index (χ1) is 6.80. The standard InChI is InChI=1S/C9H11NO3P/c1-10-6-7-11-14(10)12-8-4-2-3-5-9(8)13-14/h2-5H,6-7H2,1H3/q+1. The van der Waals surface area contributed by atoms with E-state index in [4.69, 9.17) is 13.6 Å². The van der Waals surface area contributed by atoms with E-state index >= 15 is 0 Å². The predicted octanol–water partition coefficient (Wildman–Crippen LogP) is 2.10. The number of nitrogens with zero attached hydrogens (tertiary/aromatic N) is 1. The normalized spacial score (nSPS) is 23.2. The molecule has 4 nitrogen and oxygen atoms in total. The van der Waals surface area contributed by atoms with Gasteiger partial charge in [0.2, 0.25) is 11.5 Å². The van der Waals surface area contributed by atoms with Crippen molar-refractivity contribution in [2.75, 3.05) is 20.2 Å². The average Bonchev–Trinajstić information content (AvgIpc) is 2.71. The second-order valence-corrected chi connectivity index (χ2v) is 5.56. The Balaban J connectivity index is 1.97. The summed E-state index contributed by atoms with van der Waals surface area (Å²) in [5, 5.41) is 0. The lowest BCUT2D eigenvalue weighted by Gasteiger charge is -2.13. The van der Waals surface area contributed by atoms with Crippen LogP contribution in [0.3, 0.4) is 0 Å². The molecule has 3 rings (SSSR count). The molecule has 1 aromatic carbocycles. The fourth-order valence-electron chi connectivity index (χ4n) is 1.57. The van der Waals surface area contributed by atoms with Gasteiger partial charge in [-0.2, -0.15) is 0 Å². The minimum atomic E-state index is -2.24. The monoisotopic (exact) mass is 212 g/mol. The van der Waals surface area contributed by atoms with E-state index in [0.29, 0.717) is 6.61 Å². The highest BCUT2D eigenvalue weighted by molar-refractivity contribution is 7.60. The Kier molecular flexibility index (Phi) is 1.71. The molecule has 0 N–H and O–H groups in total. The molecule has 1 aromatic rings. The molecule has 2 heterocycles. The summed E-state index contributed by atoms with van der Waals surface area (Å²) in [6.07, 6.45) is 0. The SMILES string of the molecule is CN1CCO[P+]12Oc1ccccc1O2. The molecule has 0 aromatic heterocycles. The number of hydrogen-bond donors (Lipinski definition) is 0. The predicted molar refractivity (Wildman–Crippen MR) is 53.2 cm³/mol. The zero-order chi connectivity index (χ0) is 9.60. The van der Waals surface area contributed by atoms with E-state index in [1.807, 2.05) is 36.0 Å². The molecule has 2 aliphatic rings. The Labute approximate surface area is 83.0 Å². The van der Waals surface area contributed by atoms with Crippen LogP contribution >= 0.6 is 8.09 Å². The quantitative estimate of drug-likeness (QED) is 0.616. The smallest absolute Gasteiger partial charge is 0.259 e. The minimum absolute atomic E-state index is 0.679. The van der Waals surface area contributed by atoms with Crippen LogP contribution in [0, 0.1) is 0 Å². The number of fused-ring (bicyclic) bond motifs is 1. The minimum Gasteiger partial charge on any atom is -0.259 e. The fourth-order valence-corrected chi connectivity index (χ4v) is 3.63. The summed E-state index contributed by atoms with van der Waals surface area (Å²) in [4.78, 5) is 0. The van der Waals surface area contributed by atoms with Crippen LogP contribution in [-0.2, 0) is 4.52 Å². The van der Waals surface area contributed by atoms with Crippen LogP contribution in [0.1, 0.15) is 0 Å². The first-order valence-corrected chi connectivity index (χ1v) is 6.03. The summed E-state index contributed by atoms with van der Waals surface area (Å²) in [5.74, 6) is 1.57. The van der Waals surface area contributed by atoms with Crippen molar-refractivity contribution in [2.45, 2.75) is 0 Å². The summed E-state index contributed by atoms with van der Waals surface area (Å²) in [6.45, 7) is 1.54. The number of benzene rings is 1. The molecule has 2 aliphatic heterocycles. The van der Waals surface area contributed by atoms with E-state index in [0.717, 1.165) is 18.0 Å². The second-order valence-electron chi connectivity index (χ2n) is 3.31. The third-order valence-electron chi connectivity index (χ3n) is 2.36. The van der Waals surface area contributed by atoms with Crippen LogP contribution in [0.4, 0.5) is 0 Å². The van der Waals surface area contributed by atoms with Crippen LogP contribution in [0.2, 0.25) is 0 Å². The molecule has 74 valence electrons. The fraction of sp³-hybridized carbons (Fsp3) is 0.333. The van der Waals surface area contributed by atoms with Gasteiger partial charge in [-0.1, -0.05) is 16.8 Å². The van der Waals surface area contributed by atoms with E-state index < -0.39 is 8.09 Å². The number of para-hydroxylation sites is 2. The van der Waals surface area contributed by atoms with Crippen molar-refractivity contribution in [3.8, 4) is 11.5 Å². The number of rotatable bonds is 0. The van der Waals surface area contributed by atoms with Crippen molar-refractivity contribution in [3.05, 3.63) is 24.3 Å². The highest BCUT2D eigenvalue weighted by Crippen LogP contribution is 2.71. The molecule has 1 fully saturated rings. The van der Waals surface area contributed by atoms with Gasteiger partial charge in [-0.3, -0.25) is 9.05 Å². The molecule has 0 atom stereocenters. The summed E-state index contributed by atoms with van der Waals surface area (Å²) in [5.41, 5.74) is 0. The summed E-state index contributed by atoms with van der Waals surface area (Å²) < 4.78 is 19.1. The Morgan fingerprint density at radius 3 is 2.36 bits per heavy atom. The molecule has 0 radical (unpaired) electrons. The lowest BCUT2D eigenvalue weighted by Crippen LogP contribution is -2.18. The third-order valence-corrected chi connectivity index (χ3v) is 4.76. The molecule has 1 spiro atoms. The average molecular weight is 212 g/mol. The number of likely N-dealkylation sites (N-methyl/N-ethyl adjacent to an activating group) is 1. The maximum atomic E-state index is 5.76. The van der Waals surface area contributed by atoms with Crippen molar-refractivity contribution in [2.24, 2.45) is 0 Å². The Morgan fingerprint density at radius 1 is 1.21 bits per heavy atom. The van der Waals surface area contributed by atoms with Gasteiger partial charge in [0, 0.05) is 7.05 Å². The lowest BCUT2D eigenvalue weighted by atomic mass is 10.3. The molecule has 0 aliphatic carbocycles. The van der Waals surface area contributed by atoms with Gasteiger partial charge in [0.1, 0.15) is 6.61 Å². The van der Waals surface area contributed by atoms with Gasteiger partial charge < -0.3 is 0 Å². The lowest BCUT2D eigenvalue weighted by molar-refractivity contribution is 0.296. The highest BCUT2D eigenvalue weighted by atomic mass is 31.2. The van der Waals surface area contributed by atoms with Crippen molar-refractivity contribution in [1.82, 2.24) is 4.67 Å². The van der Waals surface area contributed by atoms with Crippen molar-refractivity contribution < 1.29 is 13.6 Å². The van der Waals surface area contributed by atoms with Crippen LogP contribution in [-0.4, -0.2) is 24.9 Å². The van der Waals surface area contributed by atoms with Gasteiger partial charge in [0.05, 0.1) is 6.54 Å². The molecule has 0 unspecified atom stereocenters. The van der Waals surface area contributed by atoms with Crippen molar-refractivity contribution in [1.29, 1.82) is 0 Å². The van der Waals surface area contributed by atoms with Crippen molar-refractivity contribution in [3.63, 3.8) is 0 Å². The molecular weight excluding hydrogens is 201 g/mol. The van der Waals surface area contributed by atoms with Crippen LogP contribution < -0.4 is 9.05 Å². The zero-order valence-electron chi connectivity index (χ0n) is 7.84. The molecule has 0 amide bonds. The molecule has 0 bridgehead atoms. The van der Waals surface area contributed by atoms with Crippen LogP contribution in [0.5, 0.6) is 11.5 Å².